The predicted octanol–water partition coefficient (Wildman–Crippen LogP) is 12.2. The molecule has 6 aromatic rings. The quantitative estimate of drug-likeness (QED) is 0.109. The van der Waals surface area contributed by atoms with Crippen LogP contribution in [-0.2, 0) is 22.7 Å². The molecule has 8 nitrogen and oxygen atoms in total. The van der Waals surface area contributed by atoms with E-state index in [-0.39, 0.29) is 88.1 Å². The average Bonchev–Trinajstić information content (AvgIpc) is 3.92. The summed E-state index contributed by atoms with van der Waals surface area (Å²) in [7, 11) is 0. The van der Waals surface area contributed by atoms with Gasteiger partial charge in [-0.3, -0.25) is 9.59 Å². The molecule has 4 N–H and O–H groups in total. The number of alkyl halides is 4. The normalized spacial score (nSPS) is 16.3. The lowest BCUT2D eigenvalue weighted by molar-refractivity contribution is -0.130. The molecule has 2 heterocycles. The standard InChI is InChI=1S/C42H40F4N6O2.2C3H8/c43-41(44)13-9-25(10-14-41)39(53)49-23-37-47-21-35(51-37)33-7-5-29-17-27(1-3-31(29)19-33)28-2-4-32-20-34(8-6-30(32)18-28)36-22-48-38(52-36)24-50-40(54)26-11-15-42(45,46)16-12-26;2*1-3-2/h1-8,17-22,25-26H,9-16,23-24H2,(H,47,51)(H,48,52)(H,49,53)(H,50,54);2*3H2,1-2H3. The van der Waals surface area contributed by atoms with Gasteiger partial charge in [-0.15, -0.1) is 0 Å². The van der Waals surface area contributed by atoms with Crippen molar-refractivity contribution in [1.29, 1.82) is 0 Å². The molecule has 8 rings (SSSR count). The molecular weight excluding hydrogens is 769 g/mol. The number of nitrogens with zero attached hydrogens (tertiary/aromatic N) is 2. The Morgan fingerprint density at radius 2 is 0.850 bits per heavy atom. The summed E-state index contributed by atoms with van der Waals surface area (Å²) in [5, 5.41) is 9.99. The first-order valence-corrected chi connectivity index (χ1v) is 21.3. The summed E-state index contributed by atoms with van der Waals surface area (Å²) < 4.78 is 53.9. The molecule has 0 unspecified atom stereocenters. The van der Waals surface area contributed by atoms with E-state index in [1.54, 1.807) is 12.4 Å². The lowest BCUT2D eigenvalue weighted by Gasteiger charge is -2.27. The Morgan fingerprint density at radius 3 is 1.18 bits per heavy atom. The summed E-state index contributed by atoms with van der Waals surface area (Å²) >= 11 is 0. The number of aromatic nitrogens is 4. The van der Waals surface area contributed by atoms with Gasteiger partial charge in [0, 0.05) is 48.6 Å². The molecule has 0 radical (unpaired) electrons. The monoisotopic (exact) mass is 824 g/mol. The van der Waals surface area contributed by atoms with Crippen LogP contribution in [0.1, 0.15) is 104 Å². The fourth-order valence-corrected chi connectivity index (χ4v) is 7.62. The number of rotatable bonds is 9. The van der Waals surface area contributed by atoms with E-state index in [2.05, 4.69) is 119 Å². The number of carbonyl (C=O) groups excluding carboxylic acids is 2. The largest absolute Gasteiger partial charge is 0.349 e. The number of imidazole rings is 2. The van der Waals surface area contributed by atoms with Crippen molar-refractivity contribution in [2.75, 3.05) is 0 Å². The van der Waals surface area contributed by atoms with E-state index in [0.717, 1.165) is 55.2 Å². The second-order valence-corrected chi connectivity index (χ2v) is 16.2. The maximum absolute atomic E-state index is 13.5. The number of amides is 2. The number of hydrogen-bond donors (Lipinski definition) is 4. The molecule has 4 aromatic carbocycles. The number of H-pyrrole nitrogens is 2. The van der Waals surface area contributed by atoms with Crippen LogP contribution in [-0.4, -0.2) is 43.6 Å². The maximum Gasteiger partial charge on any atom is 0.248 e. The fraction of sp³-hybridized carbons (Fsp3) is 0.417. The van der Waals surface area contributed by atoms with Crippen LogP contribution in [0.5, 0.6) is 0 Å². The van der Waals surface area contributed by atoms with E-state index < -0.39 is 11.8 Å². The molecule has 318 valence electrons. The molecule has 0 saturated heterocycles. The first kappa shape index (κ1) is 44.0. The number of benzene rings is 4. The van der Waals surface area contributed by atoms with E-state index in [1.807, 2.05) is 12.1 Å². The molecule has 0 aliphatic heterocycles. The summed E-state index contributed by atoms with van der Waals surface area (Å²) in [5.41, 5.74) is 5.73. The van der Waals surface area contributed by atoms with Gasteiger partial charge in [-0.25, -0.2) is 27.5 Å². The second-order valence-electron chi connectivity index (χ2n) is 16.2. The van der Waals surface area contributed by atoms with Crippen LogP contribution >= 0.6 is 0 Å². The van der Waals surface area contributed by atoms with Crippen molar-refractivity contribution in [3.8, 4) is 33.6 Å². The molecule has 2 fully saturated rings. The zero-order valence-electron chi connectivity index (χ0n) is 34.9. The summed E-state index contributed by atoms with van der Waals surface area (Å²) in [6.45, 7) is 8.91. The highest BCUT2D eigenvalue weighted by Crippen LogP contribution is 2.37. The summed E-state index contributed by atoms with van der Waals surface area (Å²) in [5.74, 6) is -5.32. The third-order valence-corrected chi connectivity index (χ3v) is 10.9. The highest BCUT2D eigenvalue weighted by molar-refractivity contribution is 5.94. The Labute approximate surface area is 349 Å². The smallest absolute Gasteiger partial charge is 0.248 e. The van der Waals surface area contributed by atoms with Crippen molar-refractivity contribution in [3.63, 3.8) is 0 Å². The number of aromatic amines is 2. The molecule has 2 saturated carbocycles. The van der Waals surface area contributed by atoms with Gasteiger partial charge >= 0.3 is 0 Å². The van der Waals surface area contributed by atoms with Crippen molar-refractivity contribution >= 4 is 33.4 Å². The molecule has 12 heteroatoms. The highest BCUT2D eigenvalue weighted by Gasteiger charge is 2.38. The second kappa shape index (κ2) is 19.7. The van der Waals surface area contributed by atoms with Crippen LogP contribution < -0.4 is 10.6 Å². The minimum Gasteiger partial charge on any atom is -0.349 e. The molecular formula is C48H56F4N6O2. The number of nitrogens with one attached hydrogen (secondary N) is 4. The molecule has 2 aromatic heterocycles. The molecule has 0 atom stereocenters. The number of fused-ring (bicyclic) bond motifs is 2. The fourth-order valence-electron chi connectivity index (χ4n) is 7.62. The van der Waals surface area contributed by atoms with Crippen LogP contribution in [0.15, 0.2) is 85.2 Å². The Morgan fingerprint density at radius 1 is 0.550 bits per heavy atom. The summed E-state index contributed by atoms with van der Waals surface area (Å²) in [6.07, 6.45) is 5.76. The first-order valence-electron chi connectivity index (χ1n) is 21.3. The van der Waals surface area contributed by atoms with Crippen LogP contribution in [0.25, 0.3) is 55.2 Å². The van der Waals surface area contributed by atoms with E-state index in [9.17, 15) is 27.2 Å². The van der Waals surface area contributed by atoms with E-state index in [0.29, 0.717) is 11.6 Å². The molecule has 0 bridgehead atoms. The van der Waals surface area contributed by atoms with Crippen molar-refractivity contribution < 1.29 is 27.2 Å². The molecule has 2 amide bonds. The van der Waals surface area contributed by atoms with Crippen molar-refractivity contribution in [2.45, 2.75) is 117 Å². The summed E-state index contributed by atoms with van der Waals surface area (Å²) in [4.78, 5) is 40.4. The van der Waals surface area contributed by atoms with Crippen LogP contribution in [0.4, 0.5) is 17.6 Å². The lowest BCUT2D eigenvalue weighted by atomic mass is 9.86. The first-order chi connectivity index (χ1) is 28.8. The van der Waals surface area contributed by atoms with Crippen LogP contribution in [0, 0.1) is 11.8 Å². The number of carbonyl (C=O) groups is 2. The third-order valence-electron chi connectivity index (χ3n) is 10.9. The SMILES string of the molecule is CCC.CCC.O=C(NCc1ncc(-c2ccc3cc(-c4ccc5cc(-c6cnc(CNC(=O)C7CCC(F)(F)CC7)[nH]6)ccc5c4)ccc3c2)[nH]1)C1CCC(F)(F)CC1. The topological polar surface area (TPSA) is 116 Å². The molecule has 2 aliphatic rings. The van der Waals surface area contributed by atoms with Crippen molar-refractivity contribution in [2.24, 2.45) is 11.8 Å². The minimum atomic E-state index is -2.66. The third kappa shape index (κ3) is 11.4. The van der Waals surface area contributed by atoms with E-state index in [4.69, 9.17) is 0 Å². The van der Waals surface area contributed by atoms with Crippen molar-refractivity contribution in [3.05, 3.63) is 96.8 Å². The number of halogens is 4. The average molecular weight is 825 g/mol. The van der Waals surface area contributed by atoms with Gasteiger partial charge in [0.2, 0.25) is 23.7 Å². The summed E-state index contributed by atoms with van der Waals surface area (Å²) in [6, 6.07) is 25.1. The van der Waals surface area contributed by atoms with Crippen molar-refractivity contribution in [1.82, 2.24) is 30.6 Å². The Bertz CT molecular complexity index is 2200. The van der Waals surface area contributed by atoms with Crippen LogP contribution in [0.3, 0.4) is 0 Å². The van der Waals surface area contributed by atoms with Gasteiger partial charge in [-0.2, -0.15) is 0 Å². The Hall–Kier alpha value is -5.52. The van der Waals surface area contributed by atoms with Gasteiger partial charge in [0.1, 0.15) is 11.6 Å². The van der Waals surface area contributed by atoms with E-state index in [1.165, 1.54) is 12.8 Å². The van der Waals surface area contributed by atoms with Gasteiger partial charge in [-0.1, -0.05) is 89.1 Å². The Kier molecular flexibility index (Phi) is 14.5. The Balaban J connectivity index is 0.000000951. The van der Waals surface area contributed by atoms with Gasteiger partial charge in [0.05, 0.1) is 36.9 Å². The zero-order chi connectivity index (χ0) is 42.9. The van der Waals surface area contributed by atoms with Crippen LogP contribution in [0.2, 0.25) is 0 Å². The molecule has 2 aliphatic carbocycles. The van der Waals surface area contributed by atoms with Gasteiger partial charge in [-0.05, 0) is 82.6 Å². The minimum absolute atomic E-state index is 0.196. The maximum atomic E-state index is 13.5. The predicted molar refractivity (Wildman–Crippen MR) is 231 cm³/mol. The van der Waals surface area contributed by atoms with Gasteiger partial charge in [0.25, 0.3) is 0 Å². The zero-order valence-corrected chi connectivity index (χ0v) is 34.9. The highest BCUT2D eigenvalue weighted by atomic mass is 19.3. The van der Waals surface area contributed by atoms with Gasteiger partial charge < -0.3 is 20.6 Å². The molecule has 0 spiro atoms. The lowest BCUT2D eigenvalue weighted by Crippen LogP contribution is -2.35. The number of hydrogen-bond acceptors (Lipinski definition) is 4. The van der Waals surface area contributed by atoms with E-state index >= 15 is 0 Å². The van der Waals surface area contributed by atoms with Gasteiger partial charge in [0.15, 0.2) is 0 Å². The molecule has 60 heavy (non-hydrogen) atoms.